The standard InChI is InChI=1S/C21H28ClNO4/c1-2-17(19-5-3-4-12-27-19)23-18(14-6-9-16(22)10-7-14)11-8-15(21(23)26)13-20(24)25/h6-7,9-10,15,17-19H,2-5,8,11-13H2,1H3,(H,24,25)/t15-,17?,18+,19?/m1/s1. The molecule has 148 valence electrons. The van der Waals surface area contributed by atoms with Crippen LogP contribution in [-0.2, 0) is 14.3 Å². The second-order valence-electron chi connectivity index (χ2n) is 7.57. The molecule has 0 spiro atoms. The molecule has 1 amide bonds. The van der Waals surface area contributed by atoms with Crippen molar-refractivity contribution in [2.24, 2.45) is 5.92 Å². The van der Waals surface area contributed by atoms with Crippen LogP contribution in [0.4, 0.5) is 0 Å². The molecule has 0 aliphatic carbocycles. The number of likely N-dealkylation sites (tertiary alicyclic amines) is 1. The van der Waals surface area contributed by atoms with Gasteiger partial charge in [0, 0.05) is 17.5 Å². The smallest absolute Gasteiger partial charge is 0.304 e. The largest absolute Gasteiger partial charge is 0.481 e. The molecule has 1 N–H and O–H groups in total. The van der Waals surface area contributed by atoms with Gasteiger partial charge in [0.25, 0.3) is 0 Å². The van der Waals surface area contributed by atoms with Gasteiger partial charge in [0.2, 0.25) is 5.91 Å². The predicted octanol–water partition coefficient (Wildman–Crippen LogP) is 4.44. The van der Waals surface area contributed by atoms with Gasteiger partial charge in [-0.05, 0) is 56.2 Å². The van der Waals surface area contributed by atoms with Gasteiger partial charge in [0.05, 0.1) is 24.6 Å². The third-order valence-corrected chi connectivity index (χ3v) is 6.08. The first-order valence-corrected chi connectivity index (χ1v) is 10.3. The summed E-state index contributed by atoms with van der Waals surface area (Å²) in [5, 5.41) is 9.88. The number of aliphatic carboxylic acids is 1. The average molecular weight is 394 g/mol. The zero-order valence-corrected chi connectivity index (χ0v) is 16.5. The zero-order chi connectivity index (χ0) is 19.4. The number of piperidine rings is 1. The summed E-state index contributed by atoms with van der Waals surface area (Å²) in [5.41, 5.74) is 1.05. The van der Waals surface area contributed by atoms with E-state index in [0.717, 1.165) is 44.3 Å². The number of hydrogen-bond donors (Lipinski definition) is 1. The molecule has 6 heteroatoms. The molecule has 1 aromatic carbocycles. The van der Waals surface area contributed by atoms with E-state index >= 15 is 0 Å². The Labute approximate surface area is 165 Å². The second-order valence-corrected chi connectivity index (χ2v) is 8.00. The van der Waals surface area contributed by atoms with Crippen LogP contribution in [0, 0.1) is 5.92 Å². The van der Waals surface area contributed by atoms with Crippen molar-refractivity contribution in [3.05, 3.63) is 34.9 Å². The number of rotatable bonds is 6. The maximum atomic E-state index is 13.3. The number of carbonyl (C=O) groups excluding carboxylic acids is 1. The number of hydrogen-bond acceptors (Lipinski definition) is 3. The Morgan fingerprint density at radius 1 is 1.26 bits per heavy atom. The second kappa shape index (κ2) is 9.07. The quantitative estimate of drug-likeness (QED) is 0.775. The van der Waals surface area contributed by atoms with E-state index in [-0.39, 0.29) is 30.5 Å². The lowest BCUT2D eigenvalue weighted by Crippen LogP contribution is -2.54. The normalized spacial score (nSPS) is 27.4. The number of nitrogens with zero attached hydrogens (tertiary/aromatic N) is 1. The molecular weight excluding hydrogens is 366 g/mol. The highest BCUT2D eigenvalue weighted by molar-refractivity contribution is 6.30. The summed E-state index contributed by atoms with van der Waals surface area (Å²) >= 11 is 6.04. The Balaban J connectivity index is 1.92. The molecule has 0 aromatic heterocycles. The molecule has 4 atom stereocenters. The summed E-state index contributed by atoms with van der Waals surface area (Å²) in [6.07, 6.45) is 5.16. The number of ether oxygens (including phenoxy) is 1. The van der Waals surface area contributed by atoms with Crippen molar-refractivity contribution < 1.29 is 19.4 Å². The van der Waals surface area contributed by atoms with Crippen LogP contribution >= 0.6 is 11.6 Å². The highest BCUT2D eigenvalue weighted by Gasteiger charge is 2.42. The minimum Gasteiger partial charge on any atom is -0.481 e. The maximum absolute atomic E-state index is 13.3. The van der Waals surface area contributed by atoms with Crippen molar-refractivity contribution in [1.82, 2.24) is 4.90 Å². The third kappa shape index (κ3) is 4.64. The molecule has 1 aromatic rings. The molecule has 0 saturated carbocycles. The van der Waals surface area contributed by atoms with Gasteiger partial charge >= 0.3 is 5.97 Å². The van der Waals surface area contributed by atoms with Crippen LogP contribution in [-0.4, -0.2) is 40.6 Å². The average Bonchev–Trinajstić information content (AvgIpc) is 2.66. The van der Waals surface area contributed by atoms with E-state index in [1.165, 1.54) is 0 Å². The molecule has 2 aliphatic rings. The van der Waals surface area contributed by atoms with E-state index in [2.05, 4.69) is 6.92 Å². The fraction of sp³-hybridized carbons (Fsp3) is 0.619. The van der Waals surface area contributed by atoms with Crippen molar-refractivity contribution in [3.8, 4) is 0 Å². The Bertz CT molecular complexity index is 657. The van der Waals surface area contributed by atoms with Gasteiger partial charge < -0.3 is 14.7 Å². The molecular formula is C21H28ClNO4. The van der Waals surface area contributed by atoms with Crippen LogP contribution < -0.4 is 0 Å². The van der Waals surface area contributed by atoms with E-state index in [4.69, 9.17) is 16.3 Å². The lowest BCUT2D eigenvalue weighted by Gasteiger charge is -2.47. The third-order valence-electron chi connectivity index (χ3n) is 5.82. The number of carbonyl (C=O) groups is 2. The van der Waals surface area contributed by atoms with E-state index in [9.17, 15) is 14.7 Å². The van der Waals surface area contributed by atoms with Crippen LogP contribution in [0.5, 0.6) is 0 Å². The minimum atomic E-state index is -0.916. The van der Waals surface area contributed by atoms with Crippen molar-refractivity contribution in [2.75, 3.05) is 6.61 Å². The molecule has 27 heavy (non-hydrogen) atoms. The maximum Gasteiger partial charge on any atom is 0.304 e. The van der Waals surface area contributed by atoms with E-state index in [1.807, 2.05) is 29.2 Å². The van der Waals surface area contributed by atoms with Gasteiger partial charge in [-0.3, -0.25) is 9.59 Å². The van der Waals surface area contributed by atoms with Crippen LogP contribution in [0.2, 0.25) is 5.02 Å². The Morgan fingerprint density at radius 2 is 2.00 bits per heavy atom. The first-order chi connectivity index (χ1) is 13.0. The van der Waals surface area contributed by atoms with Crippen molar-refractivity contribution >= 4 is 23.5 Å². The molecule has 0 bridgehead atoms. The molecule has 2 saturated heterocycles. The van der Waals surface area contributed by atoms with Crippen molar-refractivity contribution in [2.45, 2.75) is 70.1 Å². The number of benzene rings is 1. The zero-order valence-electron chi connectivity index (χ0n) is 15.8. The van der Waals surface area contributed by atoms with Gasteiger partial charge in [-0.2, -0.15) is 0 Å². The molecule has 2 unspecified atom stereocenters. The molecule has 2 fully saturated rings. The summed E-state index contributed by atoms with van der Waals surface area (Å²) < 4.78 is 6.02. The molecule has 2 aliphatic heterocycles. The summed E-state index contributed by atoms with van der Waals surface area (Å²) in [6.45, 7) is 2.81. The van der Waals surface area contributed by atoms with E-state index < -0.39 is 11.9 Å². The Hall–Kier alpha value is -1.59. The first kappa shape index (κ1) is 20.2. The highest BCUT2D eigenvalue weighted by Crippen LogP contribution is 2.39. The van der Waals surface area contributed by atoms with Gasteiger partial charge in [0.15, 0.2) is 0 Å². The summed E-state index contributed by atoms with van der Waals surface area (Å²) in [6, 6.07) is 7.55. The number of amides is 1. The fourth-order valence-electron chi connectivity index (χ4n) is 4.50. The monoisotopic (exact) mass is 393 g/mol. The Kier molecular flexibility index (Phi) is 6.77. The Morgan fingerprint density at radius 3 is 2.59 bits per heavy atom. The van der Waals surface area contributed by atoms with Crippen molar-refractivity contribution in [3.63, 3.8) is 0 Å². The van der Waals surface area contributed by atoms with Gasteiger partial charge in [-0.1, -0.05) is 30.7 Å². The van der Waals surface area contributed by atoms with Gasteiger partial charge in [-0.25, -0.2) is 0 Å². The van der Waals surface area contributed by atoms with Gasteiger partial charge in [-0.15, -0.1) is 0 Å². The number of halogens is 1. The first-order valence-electron chi connectivity index (χ1n) is 9.92. The molecule has 0 radical (unpaired) electrons. The van der Waals surface area contributed by atoms with Crippen LogP contribution in [0.1, 0.15) is 63.5 Å². The minimum absolute atomic E-state index is 0.0195. The van der Waals surface area contributed by atoms with E-state index in [1.54, 1.807) is 0 Å². The predicted molar refractivity (Wildman–Crippen MR) is 104 cm³/mol. The van der Waals surface area contributed by atoms with Gasteiger partial charge in [0.1, 0.15) is 0 Å². The van der Waals surface area contributed by atoms with Crippen LogP contribution in [0.15, 0.2) is 24.3 Å². The fourth-order valence-corrected chi connectivity index (χ4v) is 4.63. The molecule has 3 rings (SSSR count). The molecule has 5 nitrogen and oxygen atoms in total. The summed E-state index contributed by atoms with van der Waals surface area (Å²) in [7, 11) is 0. The number of carboxylic acids is 1. The SMILES string of the molecule is CCC(C1CCCCO1)N1C(=O)[C@@H](CC(=O)O)CC[C@H]1c1ccc(Cl)cc1. The van der Waals surface area contributed by atoms with Crippen LogP contribution in [0.3, 0.4) is 0 Å². The summed E-state index contributed by atoms with van der Waals surface area (Å²) in [4.78, 5) is 26.5. The lowest BCUT2D eigenvalue weighted by atomic mass is 9.83. The lowest BCUT2D eigenvalue weighted by molar-refractivity contribution is -0.156. The van der Waals surface area contributed by atoms with Crippen molar-refractivity contribution in [1.29, 1.82) is 0 Å². The highest BCUT2D eigenvalue weighted by atomic mass is 35.5. The molecule has 2 heterocycles. The number of carboxylic acid groups (broad SMARTS) is 1. The van der Waals surface area contributed by atoms with E-state index in [0.29, 0.717) is 11.4 Å². The summed E-state index contributed by atoms with van der Waals surface area (Å²) in [5.74, 6) is -1.42. The van der Waals surface area contributed by atoms with Crippen LogP contribution in [0.25, 0.3) is 0 Å². The topological polar surface area (TPSA) is 66.8 Å².